The van der Waals surface area contributed by atoms with Gasteiger partial charge in [-0.1, -0.05) is 36.4 Å². The molecule has 1 unspecified atom stereocenters. The van der Waals surface area contributed by atoms with Crippen LogP contribution in [0.25, 0.3) is 10.8 Å². The van der Waals surface area contributed by atoms with Crippen molar-refractivity contribution in [2.24, 2.45) is 5.92 Å². The summed E-state index contributed by atoms with van der Waals surface area (Å²) in [7, 11) is 0. The van der Waals surface area contributed by atoms with Crippen molar-refractivity contribution in [2.45, 2.75) is 19.3 Å². The molecule has 0 bridgehead atoms. The number of hydrogen-bond acceptors (Lipinski definition) is 5. The molecule has 0 saturated heterocycles. The zero-order chi connectivity index (χ0) is 16.5. The molecule has 1 aliphatic carbocycles. The Morgan fingerprint density at radius 2 is 1.88 bits per heavy atom. The zero-order valence-electron chi connectivity index (χ0n) is 13.5. The van der Waals surface area contributed by atoms with Crippen LogP contribution in [-0.2, 0) is 12.8 Å². The summed E-state index contributed by atoms with van der Waals surface area (Å²) in [5.74, 6) is 1.33. The molecule has 122 valence electrons. The normalized spacial score (nSPS) is 16.8. The molecule has 2 aromatic carbocycles. The minimum Gasteiger partial charge on any atom is -0.384 e. The molecule has 0 amide bonds. The van der Waals surface area contributed by atoms with Crippen molar-refractivity contribution in [3.05, 3.63) is 53.7 Å². The highest BCUT2D eigenvalue weighted by molar-refractivity contribution is 5.93. The van der Waals surface area contributed by atoms with Gasteiger partial charge in [0.25, 0.3) is 0 Å². The van der Waals surface area contributed by atoms with Crippen LogP contribution < -0.4 is 16.8 Å². The average Bonchev–Trinajstić information content (AvgIpc) is 2.60. The second-order valence-electron chi connectivity index (χ2n) is 6.41. The summed E-state index contributed by atoms with van der Waals surface area (Å²) in [5.41, 5.74) is 15.0. The van der Waals surface area contributed by atoms with E-state index in [9.17, 15) is 0 Å². The van der Waals surface area contributed by atoms with Crippen LogP contribution in [0.3, 0.4) is 0 Å². The summed E-state index contributed by atoms with van der Waals surface area (Å²) < 4.78 is 0. The van der Waals surface area contributed by atoms with Gasteiger partial charge in [-0.2, -0.15) is 4.98 Å². The van der Waals surface area contributed by atoms with Crippen molar-refractivity contribution in [3.63, 3.8) is 0 Å². The lowest BCUT2D eigenvalue weighted by molar-refractivity contribution is 0.474. The minimum absolute atomic E-state index is 0.276. The molecule has 5 heteroatoms. The number of nitrogens with one attached hydrogen (secondary N) is 1. The first kappa shape index (κ1) is 14.8. The fourth-order valence-electron chi connectivity index (χ4n) is 3.54. The second kappa shape index (κ2) is 6.00. The molecule has 4 rings (SSSR count). The largest absolute Gasteiger partial charge is 0.384 e. The van der Waals surface area contributed by atoms with Gasteiger partial charge in [0.2, 0.25) is 5.95 Å². The Hall–Kier alpha value is -2.82. The number of fused-ring (bicyclic) bond motifs is 2. The van der Waals surface area contributed by atoms with Crippen LogP contribution in [0.5, 0.6) is 0 Å². The van der Waals surface area contributed by atoms with Crippen molar-refractivity contribution in [1.82, 2.24) is 9.97 Å². The first-order valence-corrected chi connectivity index (χ1v) is 8.33. The van der Waals surface area contributed by atoms with Gasteiger partial charge in [-0.15, -0.1) is 0 Å². The average molecular weight is 319 g/mol. The van der Waals surface area contributed by atoms with Crippen molar-refractivity contribution in [1.29, 1.82) is 0 Å². The summed E-state index contributed by atoms with van der Waals surface area (Å²) in [4.78, 5) is 8.44. The Balaban J connectivity index is 1.51. The Kier molecular flexibility index (Phi) is 3.69. The van der Waals surface area contributed by atoms with Crippen LogP contribution in [0.1, 0.15) is 17.7 Å². The van der Waals surface area contributed by atoms with E-state index in [1.165, 1.54) is 16.5 Å². The standard InChI is InChI=1S/C19H21N5/c20-18-15-10-12(8-9-17(15)23-19(21)24-18)11-22-16-7-3-5-13-4-1-2-6-14(13)16/h1-7,12,22H,8-11H2,(H4,20,21,23,24). The first-order valence-electron chi connectivity index (χ1n) is 8.33. The SMILES string of the molecule is Nc1nc(N)c2c(n1)CCC(CNc1cccc3ccccc13)C2. The lowest BCUT2D eigenvalue weighted by atomic mass is 9.86. The van der Waals surface area contributed by atoms with Crippen LogP contribution in [0.2, 0.25) is 0 Å². The molecule has 0 radical (unpaired) electrons. The van der Waals surface area contributed by atoms with Gasteiger partial charge in [0.1, 0.15) is 5.82 Å². The molecule has 5 nitrogen and oxygen atoms in total. The maximum Gasteiger partial charge on any atom is 0.222 e. The smallest absolute Gasteiger partial charge is 0.222 e. The fraction of sp³-hybridized carbons (Fsp3) is 0.263. The highest BCUT2D eigenvalue weighted by Crippen LogP contribution is 2.29. The molecule has 1 heterocycles. The van der Waals surface area contributed by atoms with Crippen LogP contribution in [0.4, 0.5) is 17.5 Å². The van der Waals surface area contributed by atoms with Crippen LogP contribution in [0, 0.1) is 5.92 Å². The summed E-state index contributed by atoms with van der Waals surface area (Å²) in [5, 5.41) is 6.12. The number of rotatable bonds is 3. The number of aromatic nitrogens is 2. The molecule has 0 spiro atoms. The maximum atomic E-state index is 6.03. The summed E-state index contributed by atoms with van der Waals surface area (Å²) in [6, 6.07) is 14.8. The van der Waals surface area contributed by atoms with Crippen molar-refractivity contribution in [2.75, 3.05) is 23.3 Å². The predicted octanol–water partition coefficient (Wildman–Crippen LogP) is 3.01. The van der Waals surface area contributed by atoms with Crippen LogP contribution in [-0.4, -0.2) is 16.5 Å². The van der Waals surface area contributed by atoms with Crippen molar-refractivity contribution < 1.29 is 0 Å². The third-order valence-electron chi connectivity index (χ3n) is 4.80. The molecule has 0 saturated carbocycles. The van der Waals surface area contributed by atoms with E-state index >= 15 is 0 Å². The minimum atomic E-state index is 0.276. The Morgan fingerprint density at radius 1 is 1.04 bits per heavy atom. The molecule has 24 heavy (non-hydrogen) atoms. The van der Waals surface area contributed by atoms with Gasteiger partial charge in [-0.3, -0.25) is 0 Å². The number of aryl methyl sites for hydroxylation is 1. The number of hydrogen-bond donors (Lipinski definition) is 3. The Bertz CT molecular complexity index is 885. The summed E-state index contributed by atoms with van der Waals surface area (Å²) >= 11 is 0. The number of benzene rings is 2. The number of nitrogens with zero attached hydrogens (tertiary/aromatic N) is 2. The highest BCUT2D eigenvalue weighted by atomic mass is 15.0. The molecule has 1 atom stereocenters. The Labute approximate surface area is 141 Å². The van der Waals surface area contributed by atoms with Crippen LogP contribution >= 0.6 is 0 Å². The predicted molar refractivity (Wildman–Crippen MR) is 98.8 cm³/mol. The quantitative estimate of drug-likeness (QED) is 0.690. The number of nitrogens with two attached hydrogens (primary N) is 2. The van der Waals surface area contributed by atoms with Gasteiger partial charge >= 0.3 is 0 Å². The number of nitrogen functional groups attached to an aromatic ring is 2. The fourth-order valence-corrected chi connectivity index (χ4v) is 3.54. The van der Waals surface area contributed by atoms with Gasteiger partial charge in [-0.05, 0) is 36.6 Å². The van der Waals surface area contributed by atoms with Crippen LogP contribution in [0.15, 0.2) is 42.5 Å². The van der Waals surface area contributed by atoms with E-state index in [2.05, 4.69) is 57.7 Å². The molecule has 3 aromatic rings. The third kappa shape index (κ3) is 2.73. The van der Waals surface area contributed by atoms with E-state index in [0.717, 1.165) is 37.1 Å². The first-order chi connectivity index (χ1) is 11.7. The molecule has 5 N–H and O–H groups in total. The summed E-state index contributed by atoms with van der Waals surface area (Å²) in [6.45, 7) is 0.914. The van der Waals surface area contributed by atoms with E-state index in [1.54, 1.807) is 0 Å². The molecule has 1 aromatic heterocycles. The van der Waals surface area contributed by atoms with E-state index in [0.29, 0.717) is 11.7 Å². The van der Waals surface area contributed by atoms with Crippen molar-refractivity contribution >= 4 is 28.2 Å². The van der Waals surface area contributed by atoms with E-state index in [1.807, 2.05) is 0 Å². The molecular formula is C19H21N5. The summed E-state index contributed by atoms with van der Waals surface area (Å²) in [6.07, 6.45) is 2.90. The van der Waals surface area contributed by atoms with Gasteiger partial charge in [0.15, 0.2) is 0 Å². The molecule has 1 aliphatic rings. The topological polar surface area (TPSA) is 89.8 Å². The molecule has 0 fully saturated rings. The molecular weight excluding hydrogens is 298 g/mol. The highest BCUT2D eigenvalue weighted by Gasteiger charge is 2.22. The van der Waals surface area contributed by atoms with Gasteiger partial charge in [0, 0.05) is 23.2 Å². The van der Waals surface area contributed by atoms with Gasteiger partial charge < -0.3 is 16.8 Å². The molecule has 0 aliphatic heterocycles. The Morgan fingerprint density at radius 3 is 2.79 bits per heavy atom. The van der Waals surface area contributed by atoms with E-state index in [-0.39, 0.29) is 5.95 Å². The van der Waals surface area contributed by atoms with E-state index in [4.69, 9.17) is 11.5 Å². The maximum absolute atomic E-state index is 6.03. The lowest BCUT2D eigenvalue weighted by Gasteiger charge is -2.25. The monoisotopic (exact) mass is 319 g/mol. The van der Waals surface area contributed by atoms with Gasteiger partial charge in [-0.25, -0.2) is 4.98 Å². The second-order valence-corrected chi connectivity index (χ2v) is 6.41. The third-order valence-corrected chi connectivity index (χ3v) is 4.80. The lowest BCUT2D eigenvalue weighted by Crippen LogP contribution is -2.24. The van der Waals surface area contributed by atoms with Crippen molar-refractivity contribution in [3.8, 4) is 0 Å². The zero-order valence-corrected chi connectivity index (χ0v) is 13.5. The van der Waals surface area contributed by atoms with E-state index < -0.39 is 0 Å². The van der Waals surface area contributed by atoms with Gasteiger partial charge in [0.05, 0.1) is 5.69 Å². The number of anilines is 3.